The molecule has 1 aromatic carbocycles. The number of oxime groups is 1. The van der Waals surface area contributed by atoms with Gasteiger partial charge in [-0.1, -0.05) is 49.2 Å². The average Bonchev–Trinajstić information content (AvgIpc) is 2.53. The van der Waals surface area contributed by atoms with Gasteiger partial charge >= 0.3 is 0 Å². The van der Waals surface area contributed by atoms with Crippen molar-refractivity contribution in [1.82, 2.24) is 5.32 Å². The molecule has 0 spiro atoms. The number of nitrogens with zero attached hydrogens (tertiary/aromatic N) is 1. The van der Waals surface area contributed by atoms with Crippen LogP contribution in [0.4, 0.5) is 0 Å². The fourth-order valence-corrected chi connectivity index (χ4v) is 3.16. The molecular weight excluding hydrogens is 266 g/mol. The number of nitrogens with two attached hydrogens (primary N) is 1. The standard InChI is InChI=1S/C16H25N3O2/c1-12-3-2-8-16(9-12,11-20)18-10-13-4-6-14(7-5-13)15(17)19-21/h4-7,12,18,20-21H,2-3,8-11H2,1H3,(H2,17,19). The molecule has 5 nitrogen and oxygen atoms in total. The van der Waals surface area contributed by atoms with Gasteiger partial charge in [0.25, 0.3) is 0 Å². The number of benzene rings is 1. The van der Waals surface area contributed by atoms with Crippen molar-refractivity contribution in [1.29, 1.82) is 0 Å². The lowest BCUT2D eigenvalue weighted by Crippen LogP contribution is -2.51. The van der Waals surface area contributed by atoms with Crippen molar-refractivity contribution < 1.29 is 10.3 Å². The highest BCUT2D eigenvalue weighted by atomic mass is 16.4. The minimum atomic E-state index is -0.151. The Labute approximate surface area is 125 Å². The van der Waals surface area contributed by atoms with Crippen LogP contribution < -0.4 is 11.1 Å². The Bertz CT molecular complexity index is 487. The van der Waals surface area contributed by atoms with Gasteiger partial charge in [-0.15, -0.1) is 0 Å². The summed E-state index contributed by atoms with van der Waals surface area (Å²) in [4.78, 5) is 0. The molecule has 0 aliphatic heterocycles. The summed E-state index contributed by atoms with van der Waals surface area (Å²) in [5.74, 6) is 0.767. The third kappa shape index (κ3) is 3.95. The summed E-state index contributed by atoms with van der Waals surface area (Å²) in [5, 5.41) is 24.9. The molecule has 2 atom stereocenters. The molecule has 0 heterocycles. The molecule has 0 bridgehead atoms. The van der Waals surface area contributed by atoms with E-state index in [1.165, 1.54) is 6.42 Å². The van der Waals surface area contributed by atoms with E-state index < -0.39 is 0 Å². The first-order chi connectivity index (χ1) is 10.1. The first-order valence-electron chi connectivity index (χ1n) is 7.51. The first-order valence-corrected chi connectivity index (χ1v) is 7.51. The minimum Gasteiger partial charge on any atom is -0.409 e. The van der Waals surface area contributed by atoms with Crippen molar-refractivity contribution in [2.75, 3.05) is 6.61 Å². The van der Waals surface area contributed by atoms with Crippen molar-refractivity contribution >= 4 is 5.84 Å². The predicted molar refractivity (Wildman–Crippen MR) is 83.2 cm³/mol. The molecule has 1 aliphatic rings. The maximum Gasteiger partial charge on any atom is 0.170 e. The molecular formula is C16H25N3O2. The van der Waals surface area contributed by atoms with Crippen molar-refractivity contribution in [3.8, 4) is 0 Å². The SMILES string of the molecule is CC1CCCC(CO)(NCc2ccc(C(N)=NO)cc2)C1. The molecule has 21 heavy (non-hydrogen) atoms. The number of amidine groups is 1. The fraction of sp³-hybridized carbons (Fsp3) is 0.562. The van der Waals surface area contributed by atoms with E-state index >= 15 is 0 Å². The molecule has 116 valence electrons. The van der Waals surface area contributed by atoms with Gasteiger partial charge in [0.2, 0.25) is 0 Å². The van der Waals surface area contributed by atoms with Crippen LogP contribution in [0.15, 0.2) is 29.4 Å². The molecule has 0 amide bonds. The van der Waals surface area contributed by atoms with Crippen LogP contribution in [0.25, 0.3) is 0 Å². The lowest BCUT2D eigenvalue weighted by molar-refractivity contribution is 0.0982. The van der Waals surface area contributed by atoms with Gasteiger partial charge in [0.1, 0.15) is 0 Å². The van der Waals surface area contributed by atoms with Crippen LogP contribution in [-0.4, -0.2) is 28.3 Å². The number of nitrogens with one attached hydrogen (secondary N) is 1. The molecule has 5 heteroatoms. The molecule has 1 saturated carbocycles. The second-order valence-corrected chi connectivity index (χ2v) is 6.18. The molecule has 1 aromatic rings. The van der Waals surface area contributed by atoms with Crippen LogP contribution >= 0.6 is 0 Å². The Kier molecular flexibility index (Phi) is 5.20. The van der Waals surface area contributed by atoms with Gasteiger partial charge < -0.3 is 21.4 Å². The number of aliphatic hydroxyl groups excluding tert-OH is 1. The van der Waals surface area contributed by atoms with Gasteiger partial charge in [0.05, 0.1) is 6.61 Å². The molecule has 0 saturated heterocycles. The number of hydrogen-bond donors (Lipinski definition) is 4. The van der Waals surface area contributed by atoms with Crippen LogP contribution in [0.5, 0.6) is 0 Å². The third-order valence-corrected chi connectivity index (χ3v) is 4.42. The topological polar surface area (TPSA) is 90.9 Å². The fourth-order valence-electron chi connectivity index (χ4n) is 3.16. The highest BCUT2D eigenvalue weighted by Gasteiger charge is 2.33. The van der Waals surface area contributed by atoms with E-state index in [2.05, 4.69) is 17.4 Å². The lowest BCUT2D eigenvalue weighted by atomic mass is 9.77. The Balaban J connectivity index is 1.98. The van der Waals surface area contributed by atoms with E-state index in [0.29, 0.717) is 18.0 Å². The number of hydrogen-bond acceptors (Lipinski definition) is 4. The molecule has 0 aromatic heterocycles. The number of aliphatic hydroxyl groups is 1. The second kappa shape index (κ2) is 6.91. The predicted octanol–water partition coefficient (Wildman–Crippen LogP) is 1.81. The summed E-state index contributed by atoms with van der Waals surface area (Å²) in [6.07, 6.45) is 4.46. The highest BCUT2D eigenvalue weighted by molar-refractivity contribution is 5.96. The van der Waals surface area contributed by atoms with E-state index in [1.807, 2.05) is 24.3 Å². The summed E-state index contributed by atoms with van der Waals surface area (Å²) in [5.41, 5.74) is 7.21. The monoisotopic (exact) mass is 291 g/mol. The summed E-state index contributed by atoms with van der Waals surface area (Å²) >= 11 is 0. The Morgan fingerprint density at radius 2 is 2.14 bits per heavy atom. The Morgan fingerprint density at radius 1 is 1.43 bits per heavy atom. The van der Waals surface area contributed by atoms with E-state index in [1.54, 1.807) is 0 Å². The van der Waals surface area contributed by atoms with Crippen LogP contribution in [0.3, 0.4) is 0 Å². The summed E-state index contributed by atoms with van der Waals surface area (Å²) in [6, 6.07) is 7.58. The van der Waals surface area contributed by atoms with E-state index in [9.17, 15) is 5.11 Å². The van der Waals surface area contributed by atoms with Crippen LogP contribution in [0.2, 0.25) is 0 Å². The minimum absolute atomic E-state index is 0.113. The normalized spacial score (nSPS) is 26.8. The van der Waals surface area contributed by atoms with Gasteiger partial charge in [-0.2, -0.15) is 0 Å². The molecule has 5 N–H and O–H groups in total. The van der Waals surface area contributed by atoms with Crippen molar-refractivity contribution in [2.45, 2.75) is 44.7 Å². The van der Waals surface area contributed by atoms with Crippen molar-refractivity contribution in [3.05, 3.63) is 35.4 Å². The van der Waals surface area contributed by atoms with Gasteiger partial charge in [0.15, 0.2) is 5.84 Å². The Hall–Kier alpha value is -1.59. The maximum atomic E-state index is 9.76. The van der Waals surface area contributed by atoms with Gasteiger partial charge in [0, 0.05) is 17.6 Å². The first kappa shape index (κ1) is 15.8. The third-order valence-electron chi connectivity index (χ3n) is 4.42. The molecule has 2 rings (SSSR count). The van der Waals surface area contributed by atoms with Crippen molar-refractivity contribution in [3.63, 3.8) is 0 Å². The van der Waals surface area contributed by atoms with Crippen LogP contribution in [0, 0.1) is 5.92 Å². The van der Waals surface area contributed by atoms with E-state index in [0.717, 1.165) is 24.8 Å². The summed E-state index contributed by atoms with van der Waals surface area (Å²) in [7, 11) is 0. The molecule has 1 aliphatic carbocycles. The van der Waals surface area contributed by atoms with E-state index in [-0.39, 0.29) is 18.0 Å². The zero-order valence-electron chi connectivity index (χ0n) is 12.5. The molecule has 2 unspecified atom stereocenters. The van der Waals surface area contributed by atoms with Crippen LogP contribution in [0.1, 0.15) is 43.7 Å². The van der Waals surface area contributed by atoms with Gasteiger partial charge in [-0.25, -0.2) is 0 Å². The molecule has 0 radical (unpaired) electrons. The largest absolute Gasteiger partial charge is 0.409 e. The smallest absolute Gasteiger partial charge is 0.170 e. The summed E-state index contributed by atoms with van der Waals surface area (Å²) in [6.45, 7) is 3.14. The summed E-state index contributed by atoms with van der Waals surface area (Å²) < 4.78 is 0. The quantitative estimate of drug-likeness (QED) is 0.288. The van der Waals surface area contributed by atoms with Crippen LogP contribution in [-0.2, 0) is 6.54 Å². The second-order valence-electron chi connectivity index (χ2n) is 6.18. The maximum absolute atomic E-state index is 9.76. The molecule has 1 fully saturated rings. The average molecular weight is 291 g/mol. The zero-order valence-corrected chi connectivity index (χ0v) is 12.5. The lowest BCUT2D eigenvalue weighted by Gasteiger charge is -2.39. The van der Waals surface area contributed by atoms with Crippen molar-refractivity contribution in [2.24, 2.45) is 16.8 Å². The van der Waals surface area contributed by atoms with Gasteiger partial charge in [-0.05, 0) is 24.3 Å². The van der Waals surface area contributed by atoms with Gasteiger partial charge in [-0.3, -0.25) is 0 Å². The van der Waals surface area contributed by atoms with E-state index in [4.69, 9.17) is 10.9 Å². The zero-order chi connectivity index (χ0) is 15.3. The highest BCUT2D eigenvalue weighted by Crippen LogP contribution is 2.32. The Morgan fingerprint density at radius 3 is 2.71 bits per heavy atom. The number of rotatable bonds is 5.